The smallest absolute Gasteiger partial charge is 0.396 e. The molecule has 2 aromatic heterocycles. The van der Waals surface area contributed by atoms with Crippen molar-refractivity contribution in [2.45, 2.75) is 38.8 Å². The first-order valence-electron chi connectivity index (χ1n) is 12.4. The zero-order valence-electron chi connectivity index (χ0n) is 22.0. The number of nitrogens with one attached hydrogen (secondary N) is 2. The van der Waals surface area contributed by atoms with Gasteiger partial charge in [0.2, 0.25) is 5.95 Å². The van der Waals surface area contributed by atoms with Crippen LogP contribution in [0.25, 0.3) is 11.2 Å². The second-order valence-electron chi connectivity index (χ2n) is 8.85. The molecular formula is C24H35N8O6P. The van der Waals surface area contributed by atoms with Crippen LogP contribution in [0.4, 0.5) is 17.5 Å². The fourth-order valence-electron chi connectivity index (χ4n) is 4.04. The number of hydroxylamine groups is 1. The molecule has 7 N–H and O–H groups in total. The van der Waals surface area contributed by atoms with Gasteiger partial charge in [0.15, 0.2) is 17.0 Å². The van der Waals surface area contributed by atoms with E-state index in [4.69, 9.17) is 20.4 Å². The molecular weight excluding hydrogens is 527 g/mol. The molecule has 1 aromatic carbocycles. The van der Waals surface area contributed by atoms with Crippen molar-refractivity contribution in [3.05, 3.63) is 48.8 Å². The summed E-state index contributed by atoms with van der Waals surface area (Å²) in [7, 11) is -3.23. The number of para-hydroxylation sites is 1. The van der Waals surface area contributed by atoms with Crippen LogP contribution in [0.15, 0.2) is 48.8 Å². The number of aromatic nitrogens is 4. The van der Waals surface area contributed by atoms with E-state index in [0.717, 1.165) is 30.6 Å². The third-order valence-corrected chi connectivity index (χ3v) is 6.43. The molecule has 2 heterocycles. The standard InChI is InChI=1S/C14H20N6O.C10H15N2O5P/c1-2-5-16-12-11-13(19-14(15)18-12)20(8-17-11)10-4-3-9(6-10)7-21;1-8(10(13)11-18(14,15)16)12(17-2)9-6-4-3-5-7-9/h3-4,8-10,21H,2,5-7H2,1H3,(H3,15,16,18,19);3-8H,1-2H3,(H3,11,13,14,15,16)/t9-,10+;8-/m10/s1. The van der Waals surface area contributed by atoms with Gasteiger partial charge in [-0.15, -0.1) is 0 Å². The number of amides is 1. The van der Waals surface area contributed by atoms with Gasteiger partial charge >= 0.3 is 7.75 Å². The average Bonchev–Trinajstić information content (AvgIpc) is 3.54. The predicted octanol–water partition coefficient (Wildman–Crippen LogP) is 1.99. The van der Waals surface area contributed by atoms with Crippen molar-refractivity contribution in [1.29, 1.82) is 0 Å². The summed E-state index contributed by atoms with van der Waals surface area (Å²) in [5, 5.41) is 15.3. The van der Waals surface area contributed by atoms with Crippen LogP contribution >= 0.6 is 7.75 Å². The summed E-state index contributed by atoms with van der Waals surface area (Å²) in [5.74, 6) is 0.292. The van der Waals surface area contributed by atoms with Crippen LogP contribution in [0.2, 0.25) is 0 Å². The predicted molar refractivity (Wildman–Crippen MR) is 147 cm³/mol. The summed E-state index contributed by atoms with van der Waals surface area (Å²) < 4.78 is 12.7. The average molecular weight is 563 g/mol. The zero-order chi connectivity index (χ0) is 28.6. The van der Waals surface area contributed by atoms with E-state index in [0.29, 0.717) is 11.5 Å². The Morgan fingerprint density at radius 1 is 1.28 bits per heavy atom. The fourth-order valence-corrected chi connectivity index (χ4v) is 4.52. The minimum absolute atomic E-state index is 0.153. The van der Waals surface area contributed by atoms with Gasteiger partial charge in [0.1, 0.15) is 6.04 Å². The van der Waals surface area contributed by atoms with Gasteiger partial charge in [-0.25, -0.2) is 14.6 Å². The Hall–Kier alpha value is -3.55. The highest BCUT2D eigenvalue weighted by molar-refractivity contribution is 7.50. The van der Waals surface area contributed by atoms with Crippen LogP contribution in [-0.4, -0.2) is 66.6 Å². The lowest BCUT2D eigenvalue weighted by molar-refractivity contribution is -0.122. The molecule has 3 atom stereocenters. The Morgan fingerprint density at radius 3 is 2.59 bits per heavy atom. The molecule has 39 heavy (non-hydrogen) atoms. The summed E-state index contributed by atoms with van der Waals surface area (Å²) in [4.78, 5) is 47.0. The number of carbonyl (C=O) groups is 1. The third kappa shape index (κ3) is 7.97. The molecule has 4 rings (SSSR count). The molecule has 3 aromatic rings. The lowest BCUT2D eigenvalue weighted by Crippen LogP contribution is -2.43. The SMILES string of the molecule is CCCNc1nc(N)nc2c1ncn2[C@H]1C=C[C@@H](CO)C1.CON(c1ccccc1)[C@@H](C)C(=O)NP(=O)(O)O. The van der Waals surface area contributed by atoms with E-state index < -0.39 is 19.7 Å². The normalized spacial score (nSPS) is 17.4. The maximum absolute atomic E-state index is 11.6. The summed E-state index contributed by atoms with van der Waals surface area (Å²) in [6.45, 7) is 4.54. The molecule has 1 aliphatic rings. The molecule has 1 aliphatic carbocycles. The van der Waals surface area contributed by atoms with Gasteiger partial charge in [-0.3, -0.25) is 14.7 Å². The molecule has 0 saturated carbocycles. The third-order valence-electron chi connectivity index (χ3n) is 5.92. The van der Waals surface area contributed by atoms with E-state index in [1.54, 1.807) is 41.7 Å². The number of rotatable bonds is 10. The minimum atomic E-state index is -4.60. The van der Waals surface area contributed by atoms with Gasteiger partial charge in [0.05, 0.1) is 25.2 Å². The number of nitrogen functional groups attached to an aromatic ring is 1. The Bertz CT molecular complexity index is 1310. The molecule has 1 amide bonds. The number of anilines is 3. The van der Waals surface area contributed by atoms with E-state index in [2.05, 4.69) is 33.3 Å². The largest absolute Gasteiger partial charge is 0.429 e. The number of benzene rings is 1. The molecule has 0 unspecified atom stereocenters. The summed E-state index contributed by atoms with van der Waals surface area (Å²) in [5.41, 5.74) is 7.89. The topological polar surface area (TPSA) is 201 Å². The quantitative estimate of drug-likeness (QED) is 0.119. The number of nitrogens with two attached hydrogens (primary N) is 1. The molecule has 14 nitrogen and oxygen atoms in total. The van der Waals surface area contributed by atoms with Crippen LogP contribution < -0.4 is 21.2 Å². The molecule has 0 spiro atoms. The number of hydrogen-bond donors (Lipinski definition) is 6. The molecule has 0 bridgehead atoms. The first-order chi connectivity index (χ1) is 18.6. The van der Waals surface area contributed by atoms with Crippen molar-refractivity contribution in [3.63, 3.8) is 0 Å². The van der Waals surface area contributed by atoms with E-state index >= 15 is 0 Å². The van der Waals surface area contributed by atoms with Gasteiger partial charge in [-0.05, 0) is 31.9 Å². The van der Waals surface area contributed by atoms with Crippen LogP contribution in [0, 0.1) is 5.92 Å². The van der Waals surface area contributed by atoms with Crippen molar-refractivity contribution < 1.29 is 29.1 Å². The van der Waals surface area contributed by atoms with Gasteiger partial charge < -0.3 is 30.5 Å². The Balaban J connectivity index is 0.000000219. The number of carbonyl (C=O) groups excluding carboxylic acids is 1. The molecule has 0 fully saturated rings. The Morgan fingerprint density at radius 2 is 2.00 bits per heavy atom. The maximum atomic E-state index is 11.6. The molecule has 0 aliphatic heterocycles. The summed E-state index contributed by atoms with van der Waals surface area (Å²) in [6.07, 6.45) is 7.74. The van der Waals surface area contributed by atoms with Crippen molar-refractivity contribution in [2.75, 3.05) is 36.4 Å². The van der Waals surface area contributed by atoms with Crippen LogP contribution in [0.3, 0.4) is 0 Å². The minimum Gasteiger partial charge on any atom is -0.396 e. The number of imidazole rings is 1. The van der Waals surface area contributed by atoms with Crippen molar-refractivity contribution in [3.8, 4) is 0 Å². The van der Waals surface area contributed by atoms with Crippen LogP contribution in [0.5, 0.6) is 0 Å². The second-order valence-corrected chi connectivity index (χ2v) is 10.2. The Labute approximate surface area is 226 Å². The van der Waals surface area contributed by atoms with Crippen molar-refractivity contribution in [1.82, 2.24) is 24.6 Å². The first kappa shape index (κ1) is 30.0. The number of hydrogen-bond acceptors (Lipinski definition) is 10. The summed E-state index contributed by atoms with van der Waals surface area (Å²) in [6, 6.07) is 8.02. The number of allylic oxidation sites excluding steroid dienone is 1. The van der Waals surface area contributed by atoms with E-state index in [1.165, 1.54) is 19.1 Å². The highest BCUT2D eigenvalue weighted by atomic mass is 31.2. The lowest BCUT2D eigenvalue weighted by atomic mass is 10.1. The lowest BCUT2D eigenvalue weighted by Gasteiger charge is -2.27. The van der Waals surface area contributed by atoms with Gasteiger partial charge in [-0.2, -0.15) is 9.97 Å². The molecule has 15 heteroatoms. The van der Waals surface area contributed by atoms with Crippen molar-refractivity contribution >= 4 is 42.3 Å². The number of aliphatic hydroxyl groups excluding tert-OH is 1. The monoisotopic (exact) mass is 562 g/mol. The van der Waals surface area contributed by atoms with Crippen molar-refractivity contribution in [2.24, 2.45) is 5.92 Å². The molecule has 212 valence electrons. The zero-order valence-corrected chi connectivity index (χ0v) is 22.9. The number of fused-ring (bicyclic) bond motifs is 1. The molecule has 0 radical (unpaired) electrons. The van der Waals surface area contributed by atoms with E-state index in [-0.39, 0.29) is 24.5 Å². The van der Waals surface area contributed by atoms with Crippen LogP contribution in [-0.2, 0) is 14.2 Å². The Kier molecular flexibility index (Phi) is 10.4. The number of nitrogens with zero attached hydrogens (tertiary/aromatic N) is 5. The van der Waals surface area contributed by atoms with Gasteiger partial charge in [-0.1, -0.05) is 37.3 Å². The molecule has 0 saturated heterocycles. The highest BCUT2D eigenvalue weighted by Crippen LogP contribution is 2.31. The fraction of sp³-hybridized carbons (Fsp3) is 0.417. The maximum Gasteiger partial charge on any atom is 0.429 e. The highest BCUT2D eigenvalue weighted by Gasteiger charge is 2.27. The van der Waals surface area contributed by atoms with E-state index in [1.807, 2.05) is 10.6 Å². The number of aliphatic hydroxyl groups is 1. The van der Waals surface area contributed by atoms with Crippen LogP contribution in [0.1, 0.15) is 32.7 Å². The van der Waals surface area contributed by atoms with Gasteiger partial charge in [0.25, 0.3) is 5.91 Å². The second kappa shape index (κ2) is 13.5. The van der Waals surface area contributed by atoms with Gasteiger partial charge in [0, 0.05) is 19.1 Å². The summed E-state index contributed by atoms with van der Waals surface area (Å²) >= 11 is 0. The first-order valence-corrected chi connectivity index (χ1v) is 14.0. The van der Waals surface area contributed by atoms with E-state index in [9.17, 15) is 14.5 Å².